The molecule has 146 valence electrons. The van der Waals surface area contributed by atoms with Gasteiger partial charge in [-0.1, -0.05) is 30.7 Å². The van der Waals surface area contributed by atoms with Crippen LogP contribution in [0, 0.1) is 0 Å². The third-order valence-electron chi connectivity index (χ3n) is 5.22. The Hall–Kier alpha value is -2.15. The molecule has 28 heavy (non-hydrogen) atoms. The van der Waals surface area contributed by atoms with Crippen LogP contribution < -0.4 is 4.72 Å². The Labute approximate surface area is 169 Å². The van der Waals surface area contributed by atoms with Gasteiger partial charge in [0, 0.05) is 40.1 Å². The van der Waals surface area contributed by atoms with Gasteiger partial charge in [0.15, 0.2) is 5.78 Å². The predicted molar refractivity (Wildman–Crippen MR) is 110 cm³/mol. The van der Waals surface area contributed by atoms with Gasteiger partial charge in [-0.25, -0.2) is 13.1 Å². The Morgan fingerprint density at radius 1 is 1.14 bits per heavy atom. The molecule has 0 atom stereocenters. The molecule has 0 saturated heterocycles. The van der Waals surface area contributed by atoms with Gasteiger partial charge >= 0.3 is 0 Å². The van der Waals surface area contributed by atoms with Gasteiger partial charge in [-0.15, -0.1) is 0 Å². The summed E-state index contributed by atoms with van der Waals surface area (Å²) in [5.41, 5.74) is 3.87. The highest BCUT2D eigenvalue weighted by Crippen LogP contribution is 2.32. The summed E-state index contributed by atoms with van der Waals surface area (Å²) in [5, 5.41) is 1.43. The summed E-state index contributed by atoms with van der Waals surface area (Å²) in [6.45, 7) is 2.10. The standard InChI is InChI=1S/C21H21ClN2O3S/c1-2-14-10-16-18(24-17-4-3-5-19(25)21(16)17)11-20(14)28(26,27)23-12-13-6-8-15(22)9-7-13/h6-11,23-24H,2-5,12H2,1H3. The van der Waals surface area contributed by atoms with E-state index in [1.807, 2.05) is 13.0 Å². The molecule has 1 aliphatic carbocycles. The Morgan fingerprint density at radius 3 is 2.61 bits per heavy atom. The average Bonchev–Trinajstić information content (AvgIpc) is 3.05. The highest BCUT2D eigenvalue weighted by molar-refractivity contribution is 7.89. The third kappa shape index (κ3) is 3.48. The van der Waals surface area contributed by atoms with Crippen molar-refractivity contribution < 1.29 is 13.2 Å². The molecule has 2 N–H and O–H groups in total. The number of fused-ring (bicyclic) bond motifs is 3. The first-order valence-corrected chi connectivity index (χ1v) is 11.2. The quantitative estimate of drug-likeness (QED) is 0.647. The van der Waals surface area contributed by atoms with E-state index < -0.39 is 10.0 Å². The molecule has 0 amide bonds. The summed E-state index contributed by atoms with van der Waals surface area (Å²) in [6, 6.07) is 10.6. The van der Waals surface area contributed by atoms with Crippen LogP contribution in [0.3, 0.4) is 0 Å². The maximum Gasteiger partial charge on any atom is 0.241 e. The maximum absolute atomic E-state index is 13.0. The molecule has 5 nitrogen and oxygen atoms in total. The Kier molecular flexibility index (Phi) is 5.04. The number of aromatic nitrogens is 1. The predicted octanol–water partition coefficient (Wildman–Crippen LogP) is 4.38. The number of aromatic amines is 1. The van der Waals surface area contributed by atoms with Crippen molar-refractivity contribution in [3.63, 3.8) is 0 Å². The number of rotatable bonds is 5. The summed E-state index contributed by atoms with van der Waals surface area (Å²) in [6.07, 6.45) is 2.74. The minimum absolute atomic E-state index is 0.131. The van der Waals surface area contributed by atoms with Gasteiger partial charge in [-0.2, -0.15) is 0 Å². The maximum atomic E-state index is 13.0. The van der Waals surface area contributed by atoms with Gasteiger partial charge in [0.25, 0.3) is 0 Å². The molecule has 7 heteroatoms. The van der Waals surface area contributed by atoms with E-state index in [2.05, 4.69) is 9.71 Å². The second kappa shape index (κ2) is 7.35. The summed E-state index contributed by atoms with van der Waals surface area (Å²) in [7, 11) is -3.71. The molecule has 4 rings (SSSR count). The van der Waals surface area contributed by atoms with Crippen LogP contribution in [0.5, 0.6) is 0 Å². The number of nitrogens with one attached hydrogen (secondary N) is 2. The lowest BCUT2D eigenvalue weighted by molar-refractivity contribution is 0.0974. The van der Waals surface area contributed by atoms with Crippen molar-refractivity contribution in [2.45, 2.75) is 44.0 Å². The number of sulfonamides is 1. The van der Waals surface area contributed by atoms with E-state index in [-0.39, 0.29) is 17.2 Å². The zero-order valence-electron chi connectivity index (χ0n) is 15.5. The number of carbonyl (C=O) groups excluding carboxylic acids is 1. The minimum atomic E-state index is -3.71. The molecule has 0 radical (unpaired) electrons. The van der Waals surface area contributed by atoms with Gasteiger partial charge in [-0.3, -0.25) is 4.79 Å². The molecule has 1 heterocycles. The number of Topliss-reactive ketones (excluding diaryl/α,β-unsaturated/α-hetero) is 1. The van der Waals surface area contributed by atoms with Crippen LogP contribution in [-0.4, -0.2) is 19.2 Å². The van der Waals surface area contributed by atoms with Crippen LogP contribution in [0.4, 0.5) is 0 Å². The molecular formula is C21H21ClN2O3S. The zero-order valence-corrected chi connectivity index (χ0v) is 17.1. The fourth-order valence-electron chi connectivity index (χ4n) is 3.76. The third-order valence-corrected chi connectivity index (χ3v) is 6.95. The average molecular weight is 417 g/mol. The molecule has 0 aliphatic heterocycles. The fraction of sp³-hybridized carbons (Fsp3) is 0.286. The molecule has 1 aromatic heterocycles. The lowest BCUT2D eigenvalue weighted by Gasteiger charge is -2.12. The number of benzene rings is 2. The van der Waals surface area contributed by atoms with Crippen molar-refractivity contribution in [1.82, 2.24) is 9.71 Å². The number of halogens is 1. The van der Waals surface area contributed by atoms with Crippen molar-refractivity contribution >= 4 is 38.3 Å². The van der Waals surface area contributed by atoms with E-state index in [9.17, 15) is 13.2 Å². The second-order valence-electron chi connectivity index (χ2n) is 7.07. The number of ketones is 1. The number of H-pyrrole nitrogens is 1. The summed E-state index contributed by atoms with van der Waals surface area (Å²) >= 11 is 5.88. The summed E-state index contributed by atoms with van der Waals surface area (Å²) in [4.78, 5) is 15.9. The molecule has 0 spiro atoms. The van der Waals surface area contributed by atoms with E-state index in [0.717, 1.165) is 35.0 Å². The van der Waals surface area contributed by atoms with Crippen LogP contribution in [0.15, 0.2) is 41.3 Å². The SMILES string of the molecule is CCc1cc2c3c([nH]c2cc1S(=O)(=O)NCc1ccc(Cl)cc1)CCCC3=O. The van der Waals surface area contributed by atoms with Gasteiger partial charge < -0.3 is 4.98 Å². The Balaban J connectivity index is 1.72. The van der Waals surface area contributed by atoms with Gasteiger partial charge in [0.05, 0.1) is 4.90 Å². The number of aryl methyl sites for hydroxylation is 2. The Morgan fingerprint density at radius 2 is 1.89 bits per heavy atom. The van der Waals surface area contributed by atoms with Crippen molar-refractivity contribution in [3.8, 4) is 0 Å². The molecule has 0 bridgehead atoms. The van der Waals surface area contributed by atoms with Crippen LogP contribution in [0.2, 0.25) is 5.02 Å². The first kappa shape index (κ1) is 19.2. The van der Waals surface area contributed by atoms with Gasteiger partial charge in [0.2, 0.25) is 10.0 Å². The van der Waals surface area contributed by atoms with Crippen molar-refractivity contribution in [2.24, 2.45) is 0 Å². The largest absolute Gasteiger partial charge is 0.358 e. The molecule has 0 saturated carbocycles. The minimum Gasteiger partial charge on any atom is -0.358 e. The molecule has 2 aromatic carbocycles. The summed E-state index contributed by atoms with van der Waals surface area (Å²) in [5.74, 6) is 0.131. The normalized spacial score (nSPS) is 14.4. The first-order chi connectivity index (χ1) is 13.4. The van der Waals surface area contributed by atoms with Crippen molar-refractivity contribution in [3.05, 3.63) is 63.8 Å². The van der Waals surface area contributed by atoms with Crippen LogP contribution in [-0.2, 0) is 29.4 Å². The first-order valence-electron chi connectivity index (χ1n) is 9.34. The topological polar surface area (TPSA) is 79.0 Å². The number of hydrogen-bond donors (Lipinski definition) is 2. The van der Waals surface area contributed by atoms with Crippen LogP contribution in [0.1, 0.15) is 46.9 Å². The lowest BCUT2D eigenvalue weighted by Crippen LogP contribution is -2.24. The molecule has 0 unspecified atom stereocenters. The number of carbonyl (C=O) groups is 1. The monoisotopic (exact) mass is 416 g/mol. The molecule has 3 aromatic rings. The van der Waals surface area contributed by atoms with Crippen molar-refractivity contribution in [2.75, 3.05) is 0 Å². The highest BCUT2D eigenvalue weighted by Gasteiger charge is 2.25. The van der Waals surface area contributed by atoms with E-state index in [4.69, 9.17) is 11.6 Å². The zero-order chi connectivity index (χ0) is 19.9. The second-order valence-corrected chi connectivity index (χ2v) is 9.24. The Bertz CT molecular complexity index is 1160. The van der Waals surface area contributed by atoms with E-state index in [1.165, 1.54) is 0 Å². The smallest absolute Gasteiger partial charge is 0.241 e. The van der Waals surface area contributed by atoms with E-state index in [0.29, 0.717) is 28.9 Å². The van der Waals surface area contributed by atoms with Gasteiger partial charge in [-0.05, 0) is 54.7 Å². The lowest BCUT2D eigenvalue weighted by atomic mass is 9.94. The fourth-order valence-corrected chi connectivity index (χ4v) is 5.22. The van der Waals surface area contributed by atoms with Crippen molar-refractivity contribution in [1.29, 1.82) is 0 Å². The number of hydrogen-bond acceptors (Lipinski definition) is 3. The van der Waals surface area contributed by atoms with Crippen LogP contribution in [0.25, 0.3) is 10.9 Å². The summed E-state index contributed by atoms with van der Waals surface area (Å²) < 4.78 is 28.6. The highest BCUT2D eigenvalue weighted by atomic mass is 35.5. The van der Waals surface area contributed by atoms with E-state index in [1.54, 1.807) is 30.3 Å². The molecule has 0 fully saturated rings. The molecular weight excluding hydrogens is 396 g/mol. The molecule has 1 aliphatic rings. The van der Waals surface area contributed by atoms with Crippen LogP contribution >= 0.6 is 11.6 Å². The van der Waals surface area contributed by atoms with E-state index >= 15 is 0 Å². The van der Waals surface area contributed by atoms with Gasteiger partial charge in [0.1, 0.15) is 0 Å².